The molecule has 1 saturated carbocycles. The van der Waals surface area contributed by atoms with E-state index < -0.39 is 5.91 Å². The summed E-state index contributed by atoms with van der Waals surface area (Å²) in [5, 5.41) is 0. The predicted molar refractivity (Wildman–Crippen MR) is 83.8 cm³/mol. The van der Waals surface area contributed by atoms with Crippen molar-refractivity contribution < 1.29 is 9.59 Å². The Hall–Kier alpha value is -1.88. The minimum atomic E-state index is -0.421. The first-order valence-electron chi connectivity index (χ1n) is 8.00. The second-order valence-electron chi connectivity index (χ2n) is 6.50. The van der Waals surface area contributed by atoms with Crippen molar-refractivity contribution in [3.63, 3.8) is 0 Å². The highest BCUT2D eigenvalue weighted by Gasteiger charge is 2.44. The van der Waals surface area contributed by atoms with Gasteiger partial charge in [0.05, 0.1) is 6.04 Å². The molecule has 0 radical (unpaired) electrons. The molecule has 3 atom stereocenters. The maximum atomic E-state index is 11.8. The van der Waals surface area contributed by atoms with Gasteiger partial charge in [0.15, 0.2) is 0 Å². The molecule has 2 amide bonds. The van der Waals surface area contributed by atoms with Gasteiger partial charge in [-0.05, 0) is 42.9 Å². The van der Waals surface area contributed by atoms with Crippen molar-refractivity contribution in [1.29, 1.82) is 0 Å². The molecule has 22 heavy (non-hydrogen) atoms. The van der Waals surface area contributed by atoms with Gasteiger partial charge in [-0.25, -0.2) is 0 Å². The first-order valence-corrected chi connectivity index (χ1v) is 8.00. The summed E-state index contributed by atoms with van der Waals surface area (Å²) in [5.74, 6) is -0.0469. The van der Waals surface area contributed by atoms with Crippen molar-refractivity contribution in [3.05, 3.63) is 35.4 Å². The van der Waals surface area contributed by atoms with E-state index in [-0.39, 0.29) is 11.9 Å². The number of amides is 2. The lowest BCUT2D eigenvalue weighted by Gasteiger charge is -2.33. The van der Waals surface area contributed by atoms with Gasteiger partial charge in [0.25, 0.3) is 0 Å². The number of rotatable bonds is 4. The largest absolute Gasteiger partial charge is 0.368 e. The van der Waals surface area contributed by atoms with E-state index in [4.69, 9.17) is 11.5 Å². The van der Waals surface area contributed by atoms with Crippen LogP contribution in [0.25, 0.3) is 0 Å². The Morgan fingerprint density at radius 2 is 1.77 bits per heavy atom. The minimum Gasteiger partial charge on any atom is -0.368 e. The van der Waals surface area contributed by atoms with Crippen LogP contribution in [-0.4, -0.2) is 28.8 Å². The first kappa shape index (κ1) is 15.0. The summed E-state index contributed by atoms with van der Waals surface area (Å²) in [6, 6.07) is 7.60. The van der Waals surface area contributed by atoms with E-state index >= 15 is 0 Å². The number of likely N-dealkylation sites (tertiary alicyclic amines) is 1. The lowest BCUT2D eigenvalue weighted by molar-refractivity contribution is -0.122. The molecule has 5 heteroatoms. The molecule has 0 aromatic heterocycles. The van der Waals surface area contributed by atoms with E-state index in [0.29, 0.717) is 24.1 Å². The molecule has 5 nitrogen and oxygen atoms in total. The Morgan fingerprint density at radius 1 is 1.09 bits per heavy atom. The fourth-order valence-corrected chi connectivity index (χ4v) is 4.05. The topological polar surface area (TPSA) is 89.4 Å². The number of benzene rings is 1. The molecule has 1 heterocycles. The van der Waals surface area contributed by atoms with Crippen molar-refractivity contribution in [2.45, 2.75) is 50.7 Å². The van der Waals surface area contributed by atoms with Crippen LogP contribution in [0.4, 0.5) is 0 Å². The summed E-state index contributed by atoms with van der Waals surface area (Å²) < 4.78 is 0. The smallest absolute Gasteiger partial charge is 0.248 e. The van der Waals surface area contributed by atoms with Gasteiger partial charge < -0.3 is 11.5 Å². The molecule has 0 spiro atoms. The molecule has 2 aliphatic rings. The fraction of sp³-hybridized carbons (Fsp3) is 0.529. The highest BCUT2D eigenvalue weighted by atomic mass is 16.1. The van der Waals surface area contributed by atoms with E-state index in [1.54, 1.807) is 12.1 Å². The van der Waals surface area contributed by atoms with Crippen molar-refractivity contribution in [3.8, 4) is 0 Å². The number of carbonyl (C=O) groups is 2. The number of primary amides is 2. The van der Waals surface area contributed by atoms with Crippen molar-refractivity contribution >= 4 is 11.8 Å². The summed E-state index contributed by atoms with van der Waals surface area (Å²) in [6.07, 6.45) is 5.72. The van der Waals surface area contributed by atoms with E-state index in [2.05, 4.69) is 4.90 Å². The zero-order valence-electron chi connectivity index (χ0n) is 12.7. The Kier molecular flexibility index (Phi) is 4.16. The Labute approximate surface area is 130 Å². The monoisotopic (exact) mass is 301 g/mol. The van der Waals surface area contributed by atoms with Gasteiger partial charge >= 0.3 is 0 Å². The minimum absolute atomic E-state index is 0.163. The van der Waals surface area contributed by atoms with Gasteiger partial charge in [0.2, 0.25) is 11.8 Å². The zero-order valence-corrected chi connectivity index (χ0v) is 12.7. The van der Waals surface area contributed by atoms with E-state index in [9.17, 15) is 9.59 Å². The molecular weight excluding hydrogens is 278 g/mol. The number of hydrogen-bond acceptors (Lipinski definition) is 3. The number of nitrogens with zero attached hydrogens (tertiary/aromatic N) is 1. The fourth-order valence-electron chi connectivity index (χ4n) is 4.05. The maximum Gasteiger partial charge on any atom is 0.248 e. The van der Waals surface area contributed by atoms with Crippen LogP contribution in [-0.2, 0) is 11.3 Å². The average molecular weight is 301 g/mol. The van der Waals surface area contributed by atoms with Crippen LogP contribution in [0, 0.1) is 5.92 Å². The maximum absolute atomic E-state index is 11.8. The zero-order chi connectivity index (χ0) is 15.7. The third-order valence-corrected chi connectivity index (χ3v) is 5.15. The third-order valence-electron chi connectivity index (χ3n) is 5.15. The van der Waals surface area contributed by atoms with Gasteiger partial charge in [-0.15, -0.1) is 0 Å². The number of fused-ring (bicyclic) bond motifs is 1. The molecule has 1 aliphatic heterocycles. The number of nitrogens with two attached hydrogens (primary N) is 2. The van der Waals surface area contributed by atoms with Crippen molar-refractivity contribution in [2.24, 2.45) is 17.4 Å². The summed E-state index contributed by atoms with van der Waals surface area (Å²) in [4.78, 5) is 25.2. The Morgan fingerprint density at radius 3 is 2.41 bits per heavy atom. The lowest BCUT2D eigenvalue weighted by Crippen LogP contribution is -2.44. The van der Waals surface area contributed by atoms with Crippen molar-refractivity contribution in [2.75, 3.05) is 0 Å². The summed E-state index contributed by atoms with van der Waals surface area (Å²) in [6.45, 7) is 0.702. The molecule has 1 saturated heterocycles. The first-order chi connectivity index (χ1) is 10.6. The molecule has 1 aromatic rings. The second-order valence-corrected chi connectivity index (χ2v) is 6.50. The molecule has 0 bridgehead atoms. The SMILES string of the molecule is NC(=O)c1ccc(CN2C(C(N)=O)CC3CCCCC32)cc1. The molecule has 118 valence electrons. The summed E-state index contributed by atoms with van der Waals surface area (Å²) >= 11 is 0. The van der Waals surface area contributed by atoms with Crippen LogP contribution in [0.5, 0.6) is 0 Å². The van der Waals surface area contributed by atoms with Crippen LogP contribution in [0.15, 0.2) is 24.3 Å². The Bertz CT molecular complexity index is 570. The number of carbonyl (C=O) groups excluding carboxylic acids is 2. The predicted octanol–water partition coefficient (Wildman–Crippen LogP) is 1.40. The van der Waals surface area contributed by atoms with Gasteiger partial charge in [-0.1, -0.05) is 25.0 Å². The van der Waals surface area contributed by atoms with Crippen LogP contribution in [0.2, 0.25) is 0 Å². The quantitative estimate of drug-likeness (QED) is 0.881. The van der Waals surface area contributed by atoms with Gasteiger partial charge in [0, 0.05) is 18.2 Å². The number of hydrogen-bond donors (Lipinski definition) is 2. The van der Waals surface area contributed by atoms with Crippen LogP contribution < -0.4 is 11.5 Å². The van der Waals surface area contributed by atoms with Gasteiger partial charge in [-0.2, -0.15) is 0 Å². The molecule has 1 aliphatic carbocycles. The van der Waals surface area contributed by atoms with Crippen LogP contribution in [0.1, 0.15) is 48.0 Å². The molecular formula is C17H23N3O2. The molecule has 3 rings (SSSR count). The van der Waals surface area contributed by atoms with Crippen LogP contribution >= 0.6 is 0 Å². The summed E-state index contributed by atoms with van der Waals surface area (Å²) in [5.41, 5.74) is 12.5. The molecule has 2 fully saturated rings. The van der Waals surface area contributed by atoms with Crippen molar-refractivity contribution in [1.82, 2.24) is 4.90 Å². The highest BCUT2D eigenvalue weighted by molar-refractivity contribution is 5.92. The standard InChI is InChI=1S/C17H23N3O2/c18-16(21)12-7-5-11(6-8-12)10-20-14-4-2-1-3-13(14)9-15(20)17(19)22/h5-8,13-15H,1-4,9-10H2,(H2,18,21)(H2,19,22). The van der Waals surface area contributed by atoms with E-state index in [1.165, 1.54) is 19.3 Å². The second kappa shape index (κ2) is 6.08. The Balaban J connectivity index is 1.78. The highest BCUT2D eigenvalue weighted by Crippen LogP contribution is 2.40. The molecule has 4 N–H and O–H groups in total. The normalized spacial score (nSPS) is 28.3. The van der Waals surface area contributed by atoms with E-state index in [1.807, 2.05) is 12.1 Å². The molecule has 1 aromatic carbocycles. The van der Waals surface area contributed by atoms with Gasteiger partial charge in [0.1, 0.15) is 0 Å². The van der Waals surface area contributed by atoms with E-state index in [0.717, 1.165) is 18.4 Å². The van der Waals surface area contributed by atoms with Crippen LogP contribution in [0.3, 0.4) is 0 Å². The lowest BCUT2D eigenvalue weighted by atomic mass is 9.84. The third kappa shape index (κ3) is 2.86. The summed E-state index contributed by atoms with van der Waals surface area (Å²) in [7, 11) is 0. The average Bonchev–Trinajstić information content (AvgIpc) is 2.87. The van der Waals surface area contributed by atoms with Gasteiger partial charge in [-0.3, -0.25) is 14.5 Å². The molecule has 3 unspecified atom stereocenters.